The first-order chi connectivity index (χ1) is 6.88. The lowest BCUT2D eigenvalue weighted by Crippen LogP contribution is -2.14. The summed E-state index contributed by atoms with van der Waals surface area (Å²) in [5, 5.41) is 10.9. The molecule has 1 rings (SSSR count). The van der Waals surface area contributed by atoms with Gasteiger partial charge in [0.2, 0.25) is 0 Å². The van der Waals surface area contributed by atoms with Crippen molar-refractivity contribution in [2.24, 2.45) is 5.41 Å². The number of carboxylic acids is 1. The van der Waals surface area contributed by atoms with Crippen LogP contribution in [0.15, 0.2) is 17.5 Å². The van der Waals surface area contributed by atoms with Gasteiger partial charge in [-0.25, -0.2) is 0 Å². The molecule has 2 nitrogen and oxygen atoms in total. The van der Waals surface area contributed by atoms with Crippen molar-refractivity contribution in [1.29, 1.82) is 0 Å². The third-order valence-electron chi connectivity index (χ3n) is 2.23. The molecule has 0 aromatic carbocycles. The van der Waals surface area contributed by atoms with Gasteiger partial charge in [-0.3, -0.25) is 4.79 Å². The third-order valence-corrected chi connectivity index (χ3v) is 3.26. The summed E-state index contributed by atoms with van der Waals surface area (Å²) in [6.07, 6.45) is 1.15. The number of aliphatic carboxylic acids is 1. The number of carbonyl (C=O) groups is 1. The Morgan fingerprint density at radius 3 is 2.60 bits per heavy atom. The van der Waals surface area contributed by atoms with Crippen molar-refractivity contribution in [1.82, 2.24) is 0 Å². The standard InChI is InChI=1S/C12H18O2S/c1-12(2,3)8-9(7-11(13)14)10-5-4-6-15-10/h4-6,9H,7-8H2,1-3H3,(H,13,14). The van der Waals surface area contributed by atoms with Gasteiger partial charge < -0.3 is 5.11 Å². The van der Waals surface area contributed by atoms with Gasteiger partial charge >= 0.3 is 5.97 Å². The van der Waals surface area contributed by atoms with Crippen molar-refractivity contribution < 1.29 is 9.90 Å². The van der Waals surface area contributed by atoms with Crippen molar-refractivity contribution in [3.05, 3.63) is 22.4 Å². The highest BCUT2D eigenvalue weighted by molar-refractivity contribution is 7.10. The van der Waals surface area contributed by atoms with Crippen molar-refractivity contribution in [2.75, 3.05) is 0 Å². The predicted molar refractivity (Wildman–Crippen MR) is 63.4 cm³/mol. The second-order valence-corrected chi connectivity index (χ2v) is 6.05. The van der Waals surface area contributed by atoms with E-state index in [-0.39, 0.29) is 17.8 Å². The fourth-order valence-corrected chi connectivity index (χ4v) is 2.58. The molecular weight excluding hydrogens is 208 g/mol. The van der Waals surface area contributed by atoms with E-state index in [4.69, 9.17) is 5.11 Å². The Labute approximate surface area is 94.9 Å². The van der Waals surface area contributed by atoms with E-state index in [2.05, 4.69) is 20.8 Å². The first-order valence-electron chi connectivity index (χ1n) is 5.14. The van der Waals surface area contributed by atoms with Crippen LogP contribution in [0.5, 0.6) is 0 Å². The van der Waals surface area contributed by atoms with Crippen LogP contribution in [-0.4, -0.2) is 11.1 Å². The molecule has 0 amide bonds. The molecule has 1 aromatic rings. The lowest BCUT2D eigenvalue weighted by molar-refractivity contribution is -0.137. The Morgan fingerprint density at radius 2 is 2.20 bits per heavy atom. The summed E-state index contributed by atoms with van der Waals surface area (Å²) in [6.45, 7) is 6.44. The highest BCUT2D eigenvalue weighted by atomic mass is 32.1. The molecule has 1 unspecified atom stereocenters. The second kappa shape index (κ2) is 4.79. The molecule has 0 aliphatic carbocycles. The zero-order valence-corrected chi connectivity index (χ0v) is 10.3. The van der Waals surface area contributed by atoms with Crippen LogP contribution in [0.25, 0.3) is 0 Å². The largest absolute Gasteiger partial charge is 0.481 e. The molecule has 0 fully saturated rings. The molecule has 1 heterocycles. The lowest BCUT2D eigenvalue weighted by atomic mass is 9.82. The van der Waals surface area contributed by atoms with E-state index in [9.17, 15) is 4.79 Å². The first-order valence-corrected chi connectivity index (χ1v) is 6.01. The Balaban J connectivity index is 2.75. The van der Waals surface area contributed by atoms with Gasteiger partial charge in [0, 0.05) is 10.8 Å². The molecule has 0 radical (unpaired) electrons. The number of rotatable bonds is 4. The molecule has 0 saturated carbocycles. The van der Waals surface area contributed by atoms with Crippen LogP contribution in [0.1, 0.15) is 44.4 Å². The van der Waals surface area contributed by atoms with E-state index >= 15 is 0 Å². The second-order valence-electron chi connectivity index (χ2n) is 5.07. The van der Waals surface area contributed by atoms with Gasteiger partial charge in [0.05, 0.1) is 6.42 Å². The molecule has 0 spiro atoms. The van der Waals surface area contributed by atoms with Crippen LogP contribution in [0.3, 0.4) is 0 Å². The molecule has 0 aliphatic rings. The molecular formula is C12H18O2S. The predicted octanol–water partition coefficient (Wildman–Crippen LogP) is 3.74. The molecule has 84 valence electrons. The smallest absolute Gasteiger partial charge is 0.303 e. The molecule has 1 atom stereocenters. The number of thiophene rings is 1. The molecule has 1 N–H and O–H groups in total. The van der Waals surface area contributed by atoms with Gasteiger partial charge in [-0.15, -0.1) is 11.3 Å². The van der Waals surface area contributed by atoms with Gasteiger partial charge in [0.25, 0.3) is 0 Å². The fourth-order valence-electron chi connectivity index (χ4n) is 1.75. The summed E-state index contributed by atoms with van der Waals surface area (Å²) in [5.41, 5.74) is 0.171. The highest BCUT2D eigenvalue weighted by Crippen LogP contribution is 2.35. The van der Waals surface area contributed by atoms with E-state index in [0.717, 1.165) is 6.42 Å². The molecule has 15 heavy (non-hydrogen) atoms. The Morgan fingerprint density at radius 1 is 1.53 bits per heavy atom. The van der Waals surface area contributed by atoms with Crippen LogP contribution < -0.4 is 0 Å². The molecule has 1 aromatic heterocycles. The maximum Gasteiger partial charge on any atom is 0.303 e. The van der Waals surface area contributed by atoms with Crippen molar-refractivity contribution in [3.63, 3.8) is 0 Å². The molecule has 0 bridgehead atoms. The third kappa shape index (κ3) is 4.47. The van der Waals surface area contributed by atoms with Gasteiger partial charge in [-0.2, -0.15) is 0 Å². The van der Waals surface area contributed by atoms with Crippen molar-refractivity contribution in [2.45, 2.75) is 39.5 Å². The van der Waals surface area contributed by atoms with E-state index in [1.165, 1.54) is 4.88 Å². The summed E-state index contributed by atoms with van der Waals surface area (Å²) >= 11 is 1.65. The van der Waals surface area contributed by atoms with E-state index in [0.29, 0.717) is 0 Å². The summed E-state index contributed by atoms with van der Waals surface area (Å²) in [5.74, 6) is -0.555. The highest BCUT2D eigenvalue weighted by Gasteiger charge is 2.23. The number of carboxylic acid groups (broad SMARTS) is 1. The zero-order chi connectivity index (χ0) is 11.5. The Kier molecular flexibility index (Phi) is 3.91. The van der Waals surface area contributed by atoms with Crippen LogP contribution in [-0.2, 0) is 4.79 Å². The summed E-state index contributed by atoms with van der Waals surface area (Å²) in [6, 6.07) is 4.02. The van der Waals surface area contributed by atoms with Crippen molar-refractivity contribution in [3.8, 4) is 0 Å². The average Bonchev–Trinajstić information content (AvgIpc) is 2.50. The van der Waals surface area contributed by atoms with Gasteiger partial charge in [-0.1, -0.05) is 26.8 Å². The summed E-state index contributed by atoms with van der Waals surface area (Å²) in [7, 11) is 0. The van der Waals surface area contributed by atoms with Crippen LogP contribution in [0.2, 0.25) is 0 Å². The van der Waals surface area contributed by atoms with Crippen LogP contribution >= 0.6 is 11.3 Å². The van der Waals surface area contributed by atoms with Gasteiger partial charge in [0.15, 0.2) is 0 Å². The molecule has 0 saturated heterocycles. The Bertz CT molecular complexity index is 309. The van der Waals surface area contributed by atoms with E-state index in [1.54, 1.807) is 11.3 Å². The van der Waals surface area contributed by atoms with Crippen molar-refractivity contribution >= 4 is 17.3 Å². The van der Waals surface area contributed by atoms with E-state index < -0.39 is 5.97 Å². The Hall–Kier alpha value is -0.830. The number of hydrogen-bond donors (Lipinski definition) is 1. The summed E-state index contributed by atoms with van der Waals surface area (Å²) in [4.78, 5) is 12.0. The van der Waals surface area contributed by atoms with Gasteiger partial charge in [0.1, 0.15) is 0 Å². The lowest BCUT2D eigenvalue weighted by Gasteiger charge is -2.24. The zero-order valence-electron chi connectivity index (χ0n) is 9.49. The summed E-state index contributed by atoms with van der Waals surface area (Å²) < 4.78 is 0. The number of hydrogen-bond acceptors (Lipinski definition) is 2. The van der Waals surface area contributed by atoms with Crippen LogP contribution in [0, 0.1) is 5.41 Å². The minimum atomic E-state index is -0.711. The maximum atomic E-state index is 10.8. The minimum Gasteiger partial charge on any atom is -0.481 e. The van der Waals surface area contributed by atoms with Crippen LogP contribution in [0.4, 0.5) is 0 Å². The topological polar surface area (TPSA) is 37.3 Å². The monoisotopic (exact) mass is 226 g/mol. The fraction of sp³-hybridized carbons (Fsp3) is 0.583. The molecule has 3 heteroatoms. The first kappa shape index (κ1) is 12.2. The normalized spacial score (nSPS) is 13.8. The van der Waals surface area contributed by atoms with E-state index in [1.807, 2.05) is 17.5 Å². The quantitative estimate of drug-likeness (QED) is 0.849. The maximum absolute atomic E-state index is 10.8. The minimum absolute atomic E-state index is 0.155. The SMILES string of the molecule is CC(C)(C)CC(CC(=O)O)c1cccs1. The molecule has 0 aliphatic heterocycles. The average molecular weight is 226 g/mol. The van der Waals surface area contributed by atoms with Gasteiger partial charge in [-0.05, 0) is 23.3 Å².